The Morgan fingerprint density at radius 3 is 1.38 bits per heavy atom. The summed E-state index contributed by atoms with van der Waals surface area (Å²) in [6, 6.07) is 15.2. The van der Waals surface area contributed by atoms with Crippen LogP contribution in [0.1, 0.15) is 25.7 Å². The van der Waals surface area contributed by atoms with E-state index in [9.17, 15) is 9.59 Å². The first-order valence-electron chi connectivity index (χ1n) is 11.5. The molecular formula is C24H36N6O2S2. The van der Waals surface area contributed by atoms with Gasteiger partial charge in [-0.05, 0) is 61.4 Å². The molecule has 0 bridgehead atoms. The van der Waals surface area contributed by atoms with Gasteiger partial charge in [0.1, 0.15) is 0 Å². The summed E-state index contributed by atoms with van der Waals surface area (Å²) in [7, 11) is 3.26. The number of carbonyl (C=O) groups excluding carboxylic acids is 2. The minimum atomic E-state index is 0.0610. The maximum Gasteiger partial charge on any atom is 0.220 e. The van der Waals surface area contributed by atoms with Crippen LogP contribution >= 0.6 is 21.6 Å². The summed E-state index contributed by atoms with van der Waals surface area (Å²) in [6.45, 7) is 2.87. The Labute approximate surface area is 210 Å². The summed E-state index contributed by atoms with van der Waals surface area (Å²) in [4.78, 5) is 23.8. The van der Waals surface area contributed by atoms with Gasteiger partial charge in [-0.25, -0.2) is 0 Å². The van der Waals surface area contributed by atoms with E-state index in [0.717, 1.165) is 60.2 Å². The minimum absolute atomic E-state index is 0.0610. The summed E-state index contributed by atoms with van der Waals surface area (Å²) in [5.41, 5.74) is 14.9. The Kier molecular flexibility index (Phi) is 13.6. The molecule has 2 rings (SSSR count). The zero-order valence-electron chi connectivity index (χ0n) is 19.5. The van der Waals surface area contributed by atoms with Crippen molar-refractivity contribution in [3.8, 4) is 0 Å². The topological polar surface area (TPSA) is 134 Å². The van der Waals surface area contributed by atoms with E-state index in [0.29, 0.717) is 25.9 Å². The minimum Gasteiger partial charge on any atom is -0.399 e. The summed E-state index contributed by atoms with van der Waals surface area (Å²) in [5, 5.41) is 12.5. The number of hydrogen-bond acceptors (Lipinski definition) is 8. The second-order valence-corrected chi connectivity index (χ2v) is 10.4. The number of hydrogen-bond donors (Lipinski definition) is 6. The van der Waals surface area contributed by atoms with Crippen molar-refractivity contribution < 1.29 is 9.59 Å². The lowest BCUT2D eigenvalue weighted by Gasteiger charge is -2.08. The number of anilines is 4. The number of nitrogen functional groups attached to an aromatic ring is 2. The molecule has 8 nitrogen and oxygen atoms in total. The summed E-state index contributed by atoms with van der Waals surface area (Å²) >= 11 is 0. The molecule has 0 atom stereocenters. The van der Waals surface area contributed by atoms with Gasteiger partial charge >= 0.3 is 0 Å². The van der Waals surface area contributed by atoms with Crippen molar-refractivity contribution in [3.63, 3.8) is 0 Å². The molecule has 0 saturated carbocycles. The largest absolute Gasteiger partial charge is 0.399 e. The maximum atomic E-state index is 11.9. The molecule has 0 heterocycles. The number of carbonyl (C=O) groups is 2. The Hall–Kier alpha value is -2.72. The van der Waals surface area contributed by atoms with Crippen molar-refractivity contribution in [2.24, 2.45) is 0 Å². The lowest BCUT2D eigenvalue weighted by molar-refractivity contribution is -0.121. The van der Waals surface area contributed by atoms with Crippen molar-refractivity contribution >= 4 is 56.2 Å². The van der Waals surface area contributed by atoms with Crippen LogP contribution in [0.4, 0.5) is 22.7 Å². The molecule has 8 N–H and O–H groups in total. The Bertz CT molecular complexity index is 778. The molecule has 0 aromatic heterocycles. The van der Waals surface area contributed by atoms with Crippen molar-refractivity contribution in [1.29, 1.82) is 0 Å². The monoisotopic (exact) mass is 504 g/mol. The number of amides is 2. The van der Waals surface area contributed by atoms with Crippen LogP contribution in [0.3, 0.4) is 0 Å². The van der Waals surface area contributed by atoms with Gasteiger partial charge in [-0.3, -0.25) is 9.59 Å². The van der Waals surface area contributed by atoms with Gasteiger partial charge < -0.3 is 32.7 Å². The molecule has 0 saturated heterocycles. The number of nitrogens with two attached hydrogens (primary N) is 2. The van der Waals surface area contributed by atoms with E-state index in [4.69, 9.17) is 11.5 Å². The van der Waals surface area contributed by atoms with Gasteiger partial charge in [-0.1, -0.05) is 21.6 Å². The summed E-state index contributed by atoms with van der Waals surface area (Å²) in [5.74, 6) is 1.59. The molecule has 186 valence electrons. The van der Waals surface area contributed by atoms with Crippen LogP contribution in [0.2, 0.25) is 0 Å². The van der Waals surface area contributed by atoms with Crippen LogP contribution < -0.4 is 32.7 Å². The van der Waals surface area contributed by atoms with Crippen LogP contribution in [-0.4, -0.2) is 49.5 Å². The molecule has 2 amide bonds. The molecule has 0 spiro atoms. The Morgan fingerprint density at radius 1 is 0.618 bits per heavy atom. The lowest BCUT2D eigenvalue weighted by atomic mass is 10.3. The smallest absolute Gasteiger partial charge is 0.220 e. The van der Waals surface area contributed by atoms with Crippen LogP contribution in [0.15, 0.2) is 48.5 Å². The van der Waals surface area contributed by atoms with Crippen LogP contribution in [0.5, 0.6) is 0 Å². The average Bonchev–Trinajstić information content (AvgIpc) is 2.83. The van der Waals surface area contributed by atoms with Crippen molar-refractivity contribution in [3.05, 3.63) is 48.5 Å². The van der Waals surface area contributed by atoms with Gasteiger partial charge in [0.2, 0.25) is 11.8 Å². The van der Waals surface area contributed by atoms with Gasteiger partial charge in [0.25, 0.3) is 0 Å². The molecule has 0 radical (unpaired) electrons. The third kappa shape index (κ3) is 13.1. The van der Waals surface area contributed by atoms with E-state index in [1.54, 1.807) is 21.6 Å². The third-order valence-electron chi connectivity index (χ3n) is 4.74. The highest BCUT2D eigenvalue weighted by Crippen LogP contribution is 2.22. The van der Waals surface area contributed by atoms with E-state index in [1.807, 2.05) is 48.5 Å². The molecule has 0 aliphatic heterocycles. The first-order valence-corrected chi connectivity index (χ1v) is 14.0. The highest BCUT2D eigenvalue weighted by Gasteiger charge is 2.03. The molecule has 10 heteroatoms. The van der Waals surface area contributed by atoms with Crippen LogP contribution in [-0.2, 0) is 9.59 Å². The lowest BCUT2D eigenvalue weighted by Crippen LogP contribution is -2.26. The zero-order chi connectivity index (χ0) is 24.4. The van der Waals surface area contributed by atoms with Crippen molar-refractivity contribution in [2.75, 3.05) is 59.8 Å². The number of benzene rings is 2. The standard InChI is InChI=1S/C24H36N6O2S2/c25-19-3-7-21(8-4-19)27-13-1-15-29-23(31)11-17-33-34-18-12-24(32)30-16-2-14-28-22-9-5-20(26)6-10-22/h3-10,27-28H,1-2,11-18,25-26H2,(H,29,31)(H,30,32). The first-order chi connectivity index (χ1) is 16.5. The average molecular weight is 505 g/mol. The zero-order valence-corrected chi connectivity index (χ0v) is 21.1. The quantitative estimate of drug-likeness (QED) is 0.109. The Morgan fingerprint density at radius 2 is 1.00 bits per heavy atom. The molecule has 0 aliphatic rings. The summed E-state index contributed by atoms with van der Waals surface area (Å²) < 4.78 is 0. The highest BCUT2D eigenvalue weighted by atomic mass is 33.1. The molecule has 2 aromatic carbocycles. The predicted octanol–water partition coefficient (Wildman–Crippen LogP) is 3.55. The van der Waals surface area contributed by atoms with Crippen LogP contribution in [0, 0.1) is 0 Å². The maximum absolute atomic E-state index is 11.9. The molecule has 0 fully saturated rings. The van der Waals surface area contributed by atoms with Gasteiger partial charge in [-0.2, -0.15) is 0 Å². The van der Waals surface area contributed by atoms with Gasteiger partial charge in [-0.15, -0.1) is 0 Å². The van der Waals surface area contributed by atoms with Crippen molar-refractivity contribution in [2.45, 2.75) is 25.7 Å². The first kappa shape index (κ1) is 27.5. The fourth-order valence-corrected chi connectivity index (χ4v) is 4.84. The van der Waals surface area contributed by atoms with E-state index >= 15 is 0 Å². The number of nitrogens with one attached hydrogen (secondary N) is 4. The van der Waals surface area contributed by atoms with E-state index in [2.05, 4.69) is 21.3 Å². The predicted molar refractivity (Wildman–Crippen MR) is 148 cm³/mol. The second kappa shape index (κ2) is 16.8. The molecule has 0 unspecified atom stereocenters. The second-order valence-electron chi connectivity index (χ2n) is 7.65. The molecule has 0 aliphatic carbocycles. The van der Waals surface area contributed by atoms with E-state index < -0.39 is 0 Å². The molecule has 2 aromatic rings. The molecule has 34 heavy (non-hydrogen) atoms. The third-order valence-corrected chi connectivity index (χ3v) is 7.15. The van der Waals surface area contributed by atoms with Crippen LogP contribution in [0.25, 0.3) is 0 Å². The van der Waals surface area contributed by atoms with Crippen molar-refractivity contribution in [1.82, 2.24) is 10.6 Å². The van der Waals surface area contributed by atoms with E-state index in [-0.39, 0.29) is 11.8 Å². The summed E-state index contributed by atoms with van der Waals surface area (Å²) in [6.07, 6.45) is 2.67. The van der Waals surface area contributed by atoms with Gasteiger partial charge in [0.15, 0.2) is 0 Å². The fourth-order valence-electron chi connectivity index (χ4n) is 2.86. The Balaban J connectivity index is 1.35. The highest BCUT2D eigenvalue weighted by molar-refractivity contribution is 8.76. The van der Waals surface area contributed by atoms with Gasteiger partial charge in [0.05, 0.1) is 0 Å². The molecular weight excluding hydrogens is 468 g/mol. The van der Waals surface area contributed by atoms with E-state index in [1.165, 1.54) is 0 Å². The SMILES string of the molecule is Nc1ccc(NCCCNC(=O)CCSSCCC(=O)NCCCNc2ccc(N)cc2)cc1. The number of rotatable bonds is 17. The normalized spacial score (nSPS) is 10.5. The fraction of sp³-hybridized carbons (Fsp3) is 0.417. The van der Waals surface area contributed by atoms with Gasteiger partial charge in [0, 0.05) is 73.3 Å².